The molecule has 4 rings (SSSR count). The molecule has 0 saturated carbocycles. The second-order valence-corrected chi connectivity index (χ2v) is 6.41. The Bertz CT molecular complexity index is 1230. The fourth-order valence-corrected chi connectivity index (χ4v) is 3.17. The van der Waals surface area contributed by atoms with Crippen LogP contribution in [0.5, 0.6) is 5.75 Å². The van der Waals surface area contributed by atoms with Gasteiger partial charge < -0.3 is 19.8 Å². The SMILES string of the molecule is CCOC(=O)c1cc2cc(NC(=O)c3cc4c(OC)cccc4cn3)ccc2[nH]1. The van der Waals surface area contributed by atoms with Gasteiger partial charge in [0, 0.05) is 33.6 Å². The van der Waals surface area contributed by atoms with Gasteiger partial charge in [-0.15, -0.1) is 0 Å². The number of aromatic amines is 1. The molecule has 0 aliphatic rings. The zero-order valence-corrected chi connectivity index (χ0v) is 16.0. The van der Waals surface area contributed by atoms with Gasteiger partial charge in [-0.2, -0.15) is 0 Å². The number of esters is 1. The number of H-pyrrole nitrogens is 1. The van der Waals surface area contributed by atoms with E-state index in [4.69, 9.17) is 9.47 Å². The summed E-state index contributed by atoms with van der Waals surface area (Å²) in [4.78, 5) is 31.8. The van der Waals surface area contributed by atoms with Gasteiger partial charge in [0.15, 0.2) is 0 Å². The van der Waals surface area contributed by atoms with Crippen LogP contribution in [0.3, 0.4) is 0 Å². The standard InChI is InChI=1S/C22H19N3O4/c1-3-29-22(27)19-10-14-9-15(7-8-17(14)25-19)24-21(26)18-11-16-13(12-23-18)5-4-6-20(16)28-2/h4-12,25H,3H2,1-2H3,(H,24,26). The van der Waals surface area contributed by atoms with Crippen LogP contribution in [-0.4, -0.2) is 35.6 Å². The van der Waals surface area contributed by atoms with Gasteiger partial charge in [-0.25, -0.2) is 4.79 Å². The Labute approximate surface area is 166 Å². The van der Waals surface area contributed by atoms with Crippen LogP contribution >= 0.6 is 0 Å². The molecule has 0 aliphatic heterocycles. The highest BCUT2D eigenvalue weighted by Crippen LogP contribution is 2.26. The number of anilines is 1. The first kappa shape index (κ1) is 18.5. The second-order valence-electron chi connectivity index (χ2n) is 6.41. The van der Waals surface area contributed by atoms with Crippen molar-refractivity contribution in [1.29, 1.82) is 0 Å². The van der Waals surface area contributed by atoms with E-state index in [0.717, 1.165) is 21.7 Å². The molecule has 2 aromatic carbocycles. The normalized spacial score (nSPS) is 10.8. The van der Waals surface area contributed by atoms with Crippen LogP contribution in [0, 0.1) is 0 Å². The number of hydrogen-bond acceptors (Lipinski definition) is 5. The predicted molar refractivity (Wildman–Crippen MR) is 111 cm³/mol. The average molecular weight is 389 g/mol. The molecule has 2 aromatic heterocycles. The fourth-order valence-electron chi connectivity index (χ4n) is 3.17. The maximum atomic E-state index is 12.7. The minimum absolute atomic E-state index is 0.281. The van der Waals surface area contributed by atoms with E-state index in [9.17, 15) is 9.59 Å². The molecule has 2 N–H and O–H groups in total. The summed E-state index contributed by atoms with van der Waals surface area (Å²) in [5.41, 5.74) is 2.02. The van der Waals surface area contributed by atoms with Gasteiger partial charge in [-0.3, -0.25) is 9.78 Å². The molecule has 0 atom stereocenters. The van der Waals surface area contributed by atoms with Gasteiger partial charge in [-0.05, 0) is 43.3 Å². The zero-order valence-electron chi connectivity index (χ0n) is 16.0. The topological polar surface area (TPSA) is 93.3 Å². The summed E-state index contributed by atoms with van der Waals surface area (Å²) in [6.45, 7) is 2.06. The number of amides is 1. The molecular weight excluding hydrogens is 370 g/mol. The number of rotatable bonds is 5. The Hall–Kier alpha value is -3.87. The summed E-state index contributed by atoms with van der Waals surface area (Å²) in [6, 6.07) is 14.4. The number of nitrogens with one attached hydrogen (secondary N) is 2. The van der Waals surface area contributed by atoms with Crippen molar-refractivity contribution in [2.45, 2.75) is 6.92 Å². The molecule has 0 radical (unpaired) electrons. The molecule has 2 heterocycles. The molecule has 7 heteroatoms. The van der Waals surface area contributed by atoms with Crippen LogP contribution in [0.1, 0.15) is 27.9 Å². The number of aromatic nitrogens is 2. The average Bonchev–Trinajstić information content (AvgIpc) is 3.16. The number of carbonyl (C=O) groups excluding carboxylic acids is 2. The first-order valence-corrected chi connectivity index (χ1v) is 9.13. The van der Waals surface area contributed by atoms with Crippen LogP contribution in [0.2, 0.25) is 0 Å². The minimum atomic E-state index is -0.413. The lowest BCUT2D eigenvalue weighted by Gasteiger charge is -2.08. The number of ether oxygens (including phenoxy) is 2. The van der Waals surface area contributed by atoms with Gasteiger partial charge in [0.2, 0.25) is 0 Å². The monoisotopic (exact) mass is 389 g/mol. The second kappa shape index (κ2) is 7.63. The maximum Gasteiger partial charge on any atom is 0.354 e. The molecule has 29 heavy (non-hydrogen) atoms. The minimum Gasteiger partial charge on any atom is -0.496 e. The summed E-state index contributed by atoms with van der Waals surface area (Å²) >= 11 is 0. The third-order valence-corrected chi connectivity index (χ3v) is 4.55. The van der Waals surface area contributed by atoms with Gasteiger partial charge in [-0.1, -0.05) is 12.1 Å². The van der Waals surface area contributed by atoms with E-state index in [0.29, 0.717) is 23.7 Å². The molecule has 0 fully saturated rings. The quantitative estimate of drug-likeness (QED) is 0.500. The fraction of sp³-hybridized carbons (Fsp3) is 0.136. The molecule has 0 unspecified atom stereocenters. The molecule has 146 valence electrons. The summed E-state index contributed by atoms with van der Waals surface area (Å²) in [6.07, 6.45) is 1.65. The maximum absolute atomic E-state index is 12.7. The first-order chi connectivity index (χ1) is 14.1. The number of methoxy groups -OCH3 is 1. The highest BCUT2D eigenvalue weighted by Gasteiger charge is 2.13. The van der Waals surface area contributed by atoms with Gasteiger partial charge in [0.05, 0.1) is 13.7 Å². The lowest BCUT2D eigenvalue weighted by atomic mass is 10.1. The summed E-state index contributed by atoms with van der Waals surface area (Å²) in [7, 11) is 1.59. The van der Waals surface area contributed by atoms with E-state index in [1.54, 1.807) is 50.6 Å². The van der Waals surface area contributed by atoms with Gasteiger partial charge in [0.25, 0.3) is 5.91 Å². The summed E-state index contributed by atoms with van der Waals surface area (Å²) in [5.74, 6) is -0.0684. The van der Waals surface area contributed by atoms with Crippen molar-refractivity contribution in [3.05, 3.63) is 66.1 Å². The molecule has 1 amide bonds. The van der Waals surface area contributed by atoms with Crippen molar-refractivity contribution in [2.24, 2.45) is 0 Å². The zero-order chi connectivity index (χ0) is 20.4. The van der Waals surface area contributed by atoms with Crippen molar-refractivity contribution in [3.63, 3.8) is 0 Å². The number of nitrogens with zero attached hydrogens (tertiary/aromatic N) is 1. The van der Waals surface area contributed by atoms with Crippen molar-refractivity contribution in [2.75, 3.05) is 19.0 Å². The van der Waals surface area contributed by atoms with Crippen LogP contribution in [-0.2, 0) is 4.74 Å². The lowest BCUT2D eigenvalue weighted by molar-refractivity contribution is 0.0520. The third-order valence-electron chi connectivity index (χ3n) is 4.55. The van der Waals surface area contributed by atoms with Crippen LogP contribution in [0.25, 0.3) is 21.7 Å². The number of benzene rings is 2. The molecule has 0 bridgehead atoms. The molecule has 0 aliphatic carbocycles. The van der Waals surface area contributed by atoms with Crippen LogP contribution in [0.4, 0.5) is 5.69 Å². The Morgan fingerprint density at radius 3 is 2.76 bits per heavy atom. The highest BCUT2D eigenvalue weighted by molar-refractivity contribution is 6.06. The Morgan fingerprint density at radius 2 is 1.97 bits per heavy atom. The summed E-state index contributed by atoms with van der Waals surface area (Å²) < 4.78 is 10.4. The van der Waals surface area contributed by atoms with E-state index in [2.05, 4.69) is 15.3 Å². The molecule has 4 aromatic rings. The molecule has 7 nitrogen and oxygen atoms in total. The number of pyridine rings is 1. The van der Waals surface area contributed by atoms with Crippen molar-refractivity contribution in [1.82, 2.24) is 9.97 Å². The highest BCUT2D eigenvalue weighted by atomic mass is 16.5. The van der Waals surface area contributed by atoms with Crippen molar-refractivity contribution < 1.29 is 19.1 Å². The van der Waals surface area contributed by atoms with Crippen LogP contribution < -0.4 is 10.1 Å². The number of carbonyl (C=O) groups is 2. The van der Waals surface area contributed by atoms with Crippen molar-refractivity contribution >= 4 is 39.2 Å². The number of fused-ring (bicyclic) bond motifs is 2. The first-order valence-electron chi connectivity index (χ1n) is 9.13. The molecule has 0 saturated heterocycles. The van der Waals surface area contributed by atoms with E-state index < -0.39 is 5.97 Å². The number of hydrogen-bond donors (Lipinski definition) is 2. The van der Waals surface area contributed by atoms with Gasteiger partial charge >= 0.3 is 5.97 Å². The smallest absolute Gasteiger partial charge is 0.354 e. The predicted octanol–water partition coefficient (Wildman–Crippen LogP) is 4.15. The molecule has 0 spiro atoms. The largest absolute Gasteiger partial charge is 0.496 e. The van der Waals surface area contributed by atoms with Crippen LogP contribution in [0.15, 0.2) is 54.7 Å². The van der Waals surface area contributed by atoms with E-state index >= 15 is 0 Å². The Balaban J connectivity index is 1.60. The third kappa shape index (κ3) is 3.62. The lowest BCUT2D eigenvalue weighted by Crippen LogP contribution is -2.13. The molecular formula is C22H19N3O4. The Kier molecular flexibility index (Phi) is 4.87. The van der Waals surface area contributed by atoms with E-state index in [1.807, 2.05) is 18.2 Å². The van der Waals surface area contributed by atoms with Crippen molar-refractivity contribution in [3.8, 4) is 5.75 Å². The van der Waals surface area contributed by atoms with Gasteiger partial charge in [0.1, 0.15) is 17.1 Å². The Morgan fingerprint density at radius 1 is 1.10 bits per heavy atom. The van der Waals surface area contributed by atoms with E-state index in [-0.39, 0.29) is 11.6 Å². The summed E-state index contributed by atoms with van der Waals surface area (Å²) in [5, 5.41) is 5.34. The van der Waals surface area contributed by atoms with E-state index in [1.165, 1.54) is 0 Å².